The van der Waals surface area contributed by atoms with Crippen molar-refractivity contribution in [2.75, 3.05) is 0 Å². The van der Waals surface area contributed by atoms with E-state index >= 15 is 0 Å². The number of nitrogens with zero attached hydrogens (tertiary/aromatic N) is 5. The number of para-hydroxylation sites is 5. The third kappa shape index (κ3) is 8.64. The number of nitriles is 1. The Labute approximate surface area is 434 Å². The second-order valence-corrected chi connectivity index (χ2v) is 18.8. The molecule has 0 atom stereocenters. The van der Waals surface area contributed by atoms with Gasteiger partial charge in [0, 0.05) is 36.9 Å². The van der Waals surface area contributed by atoms with Crippen molar-refractivity contribution in [2.24, 2.45) is 0 Å². The van der Waals surface area contributed by atoms with Crippen LogP contribution in [0.1, 0.15) is 67.3 Å². The van der Waals surface area contributed by atoms with Gasteiger partial charge in [0.1, 0.15) is 5.58 Å². The van der Waals surface area contributed by atoms with Gasteiger partial charge in [0.15, 0.2) is 0 Å². The van der Waals surface area contributed by atoms with Crippen LogP contribution in [0, 0.1) is 37.3 Å². The van der Waals surface area contributed by atoms with Crippen LogP contribution >= 0.6 is 0 Å². The molecule has 0 saturated heterocycles. The number of aromatic nitrogens is 4. The summed E-state index contributed by atoms with van der Waals surface area (Å²) in [6, 6.07) is 73.7. The maximum atomic E-state index is 9.23. The molecule has 0 aliphatic heterocycles. The molecule has 7 heteroatoms. The van der Waals surface area contributed by atoms with Gasteiger partial charge in [0.25, 0.3) is 0 Å². The molecule has 353 valence electrons. The third-order valence-electron chi connectivity index (χ3n) is 13.5. The van der Waals surface area contributed by atoms with Crippen molar-refractivity contribution in [3.05, 3.63) is 228 Å². The average molecular weight is 1110 g/mol. The zero-order valence-electron chi connectivity index (χ0n) is 41.0. The van der Waals surface area contributed by atoms with Gasteiger partial charge in [-0.2, -0.15) is 5.26 Å². The van der Waals surface area contributed by atoms with Gasteiger partial charge >= 0.3 is 0 Å². The van der Waals surface area contributed by atoms with E-state index in [4.69, 9.17) is 14.4 Å². The summed E-state index contributed by atoms with van der Waals surface area (Å²) >= 11 is 0. The standard InChI is InChI=1S/C43H35N2O.C22H16N3.Ir/c1-27(2)36-24-32(30-16-9-6-10-17-30)25-37(28(3)4)41(36)45-39-21-12-11-20-38(39)44-43(45)35-19-13-18-34-33-23-22-31(26-40(33)46-42(34)35)29-14-7-5-8-15-29;1-15-7-5-8-16(2)21(15)25-20-12-4-3-11-19(20)24-22(25)18-10-6-9-17(13-18)14-23;/h5-18,20-28H,1-4H3;3-9,11-13H,1-2H3;/q2*-1;. The van der Waals surface area contributed by atoms with Gasteiger partial charge in [-0.25, -0.2) is 0 Å². The van der Waals surface area contributed by atoms with Crippen LogP contribution in [0.2, 0.25) is 0 Å². The molecule has 0 unspecified atom stereocenters. The minimum atomic E-state index is 0. The Kier molecular flexibility index (Phi) is 13.2. The van der Waals surface area contributed by atoms with Crippen molar-refractivity contribution >= 4 is 44.0 Å². The first-order valence-electron chi connectivity index (χ1n) is 24.3. The van der Waals surface area contributed by atoms with Gasteiger partial charge in [-0.1, -0.05) is 154 Å². The second kappa shape index (κ2) is 19.9. The Hall–Kier alpha value is -8.14. The van der Waals surface area contributed by atoms with Gasteiger partial charge in [-0.3, -0.25) is 9.97 Å². The van der Waals surface area contributed by atoms with Crippen LogP contribution in [0.15, 0.2) is 192 Å². The number of aryl methyl sites for hydroxylation is 2. The molecular formula is C65H51IrN5O-2. The number of hydrogen-bond donors (Lipinski definition) is 0. The molecule has 9 aromatic carbocycles. The number of hydrogen-bond acceptors (Lipinski definition) is 4. The normalized spacial score (nSPS) is 11.3. The first-order valence-corrected chi connectivity index (χ1v) is 24.3. The largest absolute Gasteiger partial charge is 0.501 e. The molecule has 0 bridgehead atoms. The van der Waals surface area contributed by atoms with Gasteiger partial charge in [-0.15, -0.1) is 48.0 Å². The molecule has 0 aliphatic carbocycles. The molecule has 3 heterocycles. The fourth-order valence-corrected chi connectivity index (χ4v) is 10.0. The number of imidazole rings is 2. The zero-order valence-corrected chi connectivity index (χ0v) is 43.4. The molecule has 0 amide bonds. The fraction of sp³-hybridized carbons (Fsp3) is 0.123. The third-order valence-corrected chi connectivity index (χ3v) is 13.5. The van der Waals surface area contributed by atoms with Crippen LogP contribution in [-0.4, -0.2) is 19.1 Å². The SMILES string of the molecule is CC(C)c1cc(-c2ccccc2)cc(C(C)C)c1-n1c(-c2[c-]ccc3c2oc2cc(-c4ccccc4)ccc23)nc2ccccc21.Cc1cccc(C)c1-n1c(-c2[c-]ccc(C#N)c2)nc2ccccc21.[Ir]. The summed E-state index contributed by atoms with van der Waals surface area (Å²) in [7, 11) is 0. The summed E-state index contributed by atoms with van der Waals surface area (Å²) in [5.41, 5.74) is 20.0. The van der Waals surface area contributed by atoms with Crippen molar-refractivity contribution in [2.45, 2.75) is 53.4 Å². The number of fused-ring (bicyclic) bond motifs is 5. The van der Waals surface area contributed by atoms with Crippen LogP contribution in [0.5, 0.6) is 0 Å². The number of rotatable bonds is 8. The van der Waals surface area contributed by atoms with E-state index in [1.54, 1.807) is 12.1 Å². The van der Waals surface area contributed by atoms with Crippen molar-refractivity contribution in [1.29, 1.82) is 5.26 Å². The number of benzene rings is 9. The monoisotopic (exact) mass is 1110 g/mol. The molecule has 12 aromatic rings. The molecule has 0 N–H and O–H groups in total. The van der Waals surface area contributed by atoms with Crippen LogP contribution < -0.4 is 0 Å². The van der Waals surface area contributed by atoms with Gasteiger partial charge in [0.05, 0.1) is 45.4 Å². The first-order chi connectivity index (χ1) is 34.7. The van der Waals surface area contributed by atoms with Crippen LogP contribution in [0.25, 0.3) is 100 Å². The first kappa shape index (κ1) is 47.5. The van der Waals surface area contributed by atoms with Crippen LogP contribution in [0.4, 0.5) is 0 Å². The van der Waals surface area contributed by atoms with Crippen LogP contribution in [0.3, 0.4) is 0 Å². The molecule has 1 radical (unpaired) electrons. The maximum absolute atomic E-state index is 9.23. The van der Waals surface area contributed by atoms with Gasteiger partial charge < -0.3 is 13.6 Å². The summed E-state index contributed by atoms with van der Waals surface area (Å²) in [6.45, 7) is 13.4. The Morgan fingerprint density at radius 3 is 1.68 bits per heavy atom. The summed E-state index contributed by atoms with van der Waals surface area (Å²) in [4.78, 5) is 10.1. The Bertz CT molecular complexity index is 3940. The fourth-order valence-electron chi connectivity index (χ4n) is 10.0. The second-order valence-electron chi connectivity index (χ2n) is 18.8. The van der Waals surface area contributed by atoms with Crippen molar-refractivity contribution in [3.8, 4) is 62.5 Å². The Morgan fingerprint density at radius 1 is 0.514 bits per heavy atom. The molecule has 0 fully saturated rings. The minimum Gasteiger partial charge on any atom is -0.501 e. The molecular weight excluding hydrogens is 1060 g/mol. The molecule has 3 aromatic heterocycles. The summed E-state index contributed by atoms with van der Waals surface area (Å²) < 4.78 is 11.3. The smallest absolute Gasteiger partial charge is 0.121 e. The summed E-state index contributed by atoms with van der Waals surface area (Å²) in [5.74, 6) is 2.21. The molecule has 72 heavy (non-hydrogen) atoms. The van der Waals surface area contributed by atoms with Crippen LogP contribution in [-0.2, 0) is 20.1 Å². The van der Waals surface area contributed by atoms with E-state index in [2.05, 4.69) is 208 Å². The zero-order chi connectivity index (χ0) is 48.8. The average Bonchev–Trinajstić information content (AvgIpc) is 4.10. The molecule has 6 nitrogen and oxygen atoms in total. The van der Waals surface area contributed by atoms with Crippen molar-refractivity contribution in [3.63, 3.8) is 0 Å². The van der Waals surface area contributed by atoms with E-state index in [1.165, 1.54) is 44.6 Å². The minimum absolute atomic E-state index is 0. The molecule has 12 rings (SSSR count). The van der Waals surface area contributed by atoms with E-state index < -0.39 is 0 Å². The topological polar surface area (TPSA) is 72.6 Å². The van der Waals surface area contributed by atoms with E-state index in [1.807, 2.05) is 36.4 Å². The molecule has 0 spiro atoms. The number of furan rings is 1. The quantitative estimate of drug-likeness (QED) is 0.142. The predicted octanol–water partition coefficient (Wildman–Crippen LogP) is 17.0. The van der Waals surface area contributed by atoms with E-state index in [9.17, 15) is 5.26 Å². The predicted molar refractivity (Wildman–Crippen MR) is 291 cm³/mol. The molecule has 0 aliphatic rings. The van der Waals surface area contributed by atoms with E-state index in [0.717, 1.165) is 78.0 Å². The maximum Gasteiger partial charge on any atom is 0.121 e. The summed E-state index contributed by atoms with van der Waals surface area (Å²) in [6.07, 6.45) is 0. The Morgan fingerprint density at radius 2 is 1.07 bits per heavy atom. The van der Waals surface area contributed by atoms with Gasteiger partial charge in [-0.05, 0) is 118 Å². The van der Waals surface area contributed by atoms with Crippen molar-refractivity contribution in [1.82, 2.24) is 19.1 Å². The van der Waals surface area contributed by atoms with Crippen molar-refractivity contribution < 1.29 is 24.5 Å². The van der Waals surface area contributed by atoms with Gasteiger partial charge in [0.2, 0.25) is 0 Å². The van der Waals surface area contributed by atoms with E-state index in [-0.39, 0.29) is 31.9 Å². The summed E-state index contributed by atoms with van der Waals surface area (Å²) in [5, 5.41) is 11.4. The molecule has 0 saturated carbocycles. The van der Waals surface area contributed by atoms with E-state index in [0.29, 0.717) is 5.56 Å². The Balaban J connectivity index is 0.000000194.